The van der Waals surface area contributed by atoms with Gasteiger partial charge in [-0.3, -0.25) is 0 Å². The summed E-state index contributed by atoms with van der Waals surface area (Å²) >= 11 is -4.17. The number of urea groups is 1. The third kappa shape index (κ3) is 11.3. The Morgan fingerprint density at radius 3 is 1.94 bits per heavy atom. The topological polar surface area (TPSA) is 148 Å². The molecule has 284 valence electrons. The first-order valence-corrected chi connectivity index (χ1v) is 19.4. The van der Waals surface area contributed by atoms with E-state index in [9.17, 15) is 36.0 Å². The van der Waals surface area contributed by atoms with Crippen molar-refractivity contribution in [2.75, 3.05) is 34.5 Å². The summed E-state index contributed by atoms with van der Waals surface area (Å²) in [5.41, 5.74) is -7.78. The molecule has 20 heteroatoms. The van der Waals surface area contributed by atoms with Gasteiger partial charge in [-0.05, 0) is 0 Å². The third-order valence-corrected chi connectivity index (χ3v) is 13.5. The number of alkyl halides is 3. The van der Waals surface area contributed by atoms with Crippen LogP contribution >= 0.6 is 20.2 Å². The van der Waals surface area contributed by atoms with E-state index in [4.69, 9.17) is 16.7 Å². The van der Waals surface area contributed by atoms with E-state index in [1.807, 2.05) is 0 Å². The Hall–Kier alpha value is -3.92. The zero-order valence-corrected chi connectivity index (χ0v) is 32.3. The number of halogens is 5. The van der Waals surface area contributed by atoms with Gasteiger partial charge in [0.05, 0.1) is 0 Å². The summed E-state index contributed by atoms with van der Waals surface area (Å²) < 4.78 is 101. The number of benzene rings is 2. The van der Waals surface area contributed by atoms with Gasteiger partial charge in [-0.25, -0.2) is 0 Å². The fraction of sp³-hybridized carbons (Fsp3) is 0.484. The molecule has 0 N–H and O–H groups in total. The number of nitrogens with zero attached hydrogens (tertiary/aromatic N) is 5. The molecule has 1 aliphatic heterocycles. The van der Waals surface area contributed by atoms with Gasteiger partial charge in [0.25, 0.3) is 0 Å². The first kappa shape index (κ1) is 41.5. The summed E-state index contributed by atoms with van der Waals surface area (Å²) in [6.45, 7) is 8.77. The Balaban J connectivity index is 2.15. The molecule has 0 saturated carbocycles. The molecule has 1 heterocycles. The molecule has 14 nitrogen and oxygen atoms in total. The first-order chi connectivity index (χ1) is 23.3. The molecule has 0 aliphatic carbocycles. The molecule has 0 unspecified atom stereocenters. The van der Waals surface area contributed by atoms with Gasteiger partial charge in [0.1, 0.15) is 0 Å². The van der Waals surface area contributed by atoms with Crippen molar-refractivity contribution in [3.8, 4) is 5.75 Å². The third-order valence-electron chi connectivity index (χ3n) is 6.33. The second-order valence-electron chi connectivity index (χ2n) is 13.1. The molecule has 0 bridgehead atoms. The van der Waals surface area contributed by atoms with E-state index >= 15 is 4.39 Å². The van der Waals surface area contributed by atoms with Gasteiger partial charge in [-0.2, -0.15) is 0 Å². The molecule has 2 aromatic carbocycles. The number of hydrogen-bond acceptors (Lipinski definition) is 9. The van der Waals surface area contributed by atoms with Crippen LogP contribution in [0.2, 0.25) is 0 Å². The van der Waals surface area contributed by atoms with Crippen molar-refractivity contribution < 1.29 is 57.1 Å². The zero-order valence-electron chi connectivity index (χ0n) is 29.4. The number of hydrogen-bond donors (Lipinski definition) is 0. The van der Waals surface area contributed by atoms with Crippen LogP contribution in [0, 0.1) is 13.0 Å². The second-order valence-corrected chi connectivity index (χ2v) is 19.5. The second kappa shape index (κ2) is 15.8. The predicted molar refractivity (Wildman–Crippen MR) is 185 cm³/mol. The van der Waals surface area contributed by atoms with Gasteiger partial charge in [0.2, 0.25) is 0 Å². The molecular formula is C31H40F4IN5O9S. The van der Waals surface area contributed by atoms with Crippen molar-refractivity contribution in [3.63, 3.8) is 0 Å². The molecule has 51 heavy (non-hydrogen) atoms. The van der Waals surface area contributed by atoms with Crippen molar-refractivity contribution in [2.45, 2.75) is 64.8 Å². The van der Waals surface area contributed by atoms with Gasteiger partial charge in [-0.15, -0.1) is 0 Å². The number of methoxy groups -OCH3 is 1. The summed E-state index contributed by atoms with van der Waals surface area (Å²) in [4.78, 5) is 48.3. The average Bonchev–Trinajstić information content (AvgIpc) is 2.98. The fourth-order valence-corrected chi connectivity index (χ4v) is 10.7. The van der Waals surface area contributed by atoms with Crippen LogP contribution in [0.5, 0.6) is 5.75 Å². The zero-order chi connectivity index (χ0) is 38.7. The van der Waals surface area contributed by atoms with Gasteiger partial charge in [-0.1, -0.05) is 0 Å². The molecule has 0 atom stereocenters. The number of amides is 4. The Bertz CT molecular complexity index is 1730. The van der Waals surface area contributed by atoms with Crippen LogP contribution in [0.1, 0.15) is 47.1 Å². The molecule has 1 saturated heterocycles. The van der Waals surface area contributed by atoms with E-state index in [-0.39, 0.29) is 34.5 Å². The maximum absolute atomic E-state index is 16.0. The molecule has 0 spiro atoms. The summed E-state index contributed by atoms with van der Waals surface area (Å²) in [6.07, 6.45) is -2.12. The van der Waals surface area contributed by atoms with E-state index in [0.29, 0.717) is 5.75 Å². The predicted octanol–water partition coefficient (Wildman–Crippen LogP) is 6.40. The Morgan fingerprint density at radius 2 is 1.47 bits per heavy atom. The summed E-state index contributed by atoms with van der Waals surface area (Å²) in [7, 11) is -1.83. The molecular weight excluding hydrogens is 821 g/mol. The van der Waals surface area contributed by atoms with Crippen molar-refractivity contribution in [2.24, 2.45) is 4.99 Å². The number of carbonyl (C=O) groups is 3. The monoisotopic (exact) mass is 861 g/mol. The molecule has 2 aromatic rings. The maximum atomic E-state index is 16.0. The van der Waals surface area contributed by atoms with E-state index in [1.165, 1.54) is 66.2 Å². The SMILES string of the molecule is COc1ccc(I(OS(=O)(=O)C(F)(F)F)c2ccc(CN(C(=O)OC(C)(C)C)C(=NC(=O)OC(C)(C)C)N3CN(C)C(=O)N(C)C3)cc2F)cc1. The number of ether oxygens (including phenoxy) is 3. The van der Waals surface area contributed by atoms with Crippen molar-refractivity contribution in [1.82, 2.24) is 19.6 Å². The summed E-state index contributed by atoms with van der Waals surface area (Å²) in [5, 5.41) is 0. The van der Waals surface area contributed by atoms with E-state index in [2.05, 4.69) is 4.99 Å². The van der Waals surface area contributed by atoms with Gasteiger partial charge in [0, 0.05) is 0 Å². The minimum absolute atomic E-state index is 0.00882. The molecule has 0 aromatic heterocycles. The number of aliphatic imine (C=N–C) groups is 1. The summed E-state index contributed by atoms with van der Waals surface area (Å²) in [5.74, 6) is -1.13. The van der Waals surface area contributed by atoms with Crippen molar-refractivity contribution in [1.29, 1.82) is 0 Å². The quantitative estimate of drug-likeness (QED) is 0.101. The molecule has 1 fully saturated rings. The molecule has 3 rings (SSSR count). The van der Waals surface area contributed by atoms with Crippen LogP contribution < -0.4 is 4.74 Å². The van der Waals surface area contributed by atoms with E-state index in [0.717, 1.165) is 17.0 Å². The average molecular weight is 862 g/mol. The van der Waals surface area contributed by atoms with E-state index < -0.39 is 75.2 Å². The van der Waals surface area contributed by atoms with Crippen LogP contribution in [0.4, 0.5) is 31.9 Å². The molecule has 0 radical (unpaired) electrons. The van der Waals surface area contributed by atoms with Gasteiger partial charge >= 0.3 is 302 Å². The standard InChI is InChI=1S/C31H40F4IN5O9S/c1-29(2,3)48-26(42)37-25(40-18-38(7)27(43)39(8)19-40)41(28(44)49-30(4,5)6)17-20-10-15-24(23(32)16-20)36(50-51(45,46)31(33,34)35)21-11-13-22(47-9)14-12-21/h10-16H,17-19H2,1-9H3. The Kier molecular flexibility index (Phi) is 12.8. The normalized spacial score (nSPS) is 15.1. The number of rotatable bonds is 7. The molecule has 4 amide bonds. The Labute approximate surface area is 301 Å². The van der Waals surface area contributed by atoms with Crippen molar-refractivity contribution >= 4 is 54.5 Å². The van der Waals surface area contributed by atoms with Crippen LogP contribution in [-0.2, 0) is 28.6 Å². The number of carbonyl (C=O) groups excluding carboxylic acids is 3. The summed E-state index contributed by atoms with van der Waals surface area (Å²) in [6, 6.07) is 8.16. The van der Waals surface area contributed by atoms with E-state index in [1.54, 1.807) is 41.5 Å². The van der Waals surface area contributed by atoms with Gasteiger partial charge < -0.3 is 0 Å². The fourth-order valence-electron chi connectivity index (χ4n) is 4.25. The van der Waals surface area contributed by atoms with Crippen LogP contribution in [0.25, 0.3) is 0 Å². The molecule has 1 aliphatic rings. The van der Waals surface area contributed by atoms with Crippen LogP contribution in [-0.4, -0.2) is 103 Å². The first-order valence-electron chi connectivity index (χ1n) is 15.0. The minimum atomic E-state index is -6.14. The van der Waals surface area contributed by atoms with Crippen LogP contribution in [0.3, 0.4) is 0 Å². The van der Waals surface area contributed by atoms with Crippen LogP contribution in [0.15, 0.2) is 47.5 Å². The van der Waals surface area contributed by atoms with Crippen molar-refractivity contribution in [3.05, 3.63) is 61.0 Å². The Morgan fingerprint density at radius 1 is 0.922 bits per heavy atom. The van der Waals surface area contributed by atoms with Gasteiger partial charge in [0.15, 0.2) is 0 Å². The number of guanidine groups is 1.